The largest absolute Gasteiger partial charge is 0.465 e. The Morgan fingerprint density at radius 2 is 2.29 bits per heavy atom. The predicted molar refractivity (Wildman–Crippen MR) is 66.3 cm³/mol. The summed E-state index contributed by atoms with van der Waals surface area (Å²) in [6.07, 6.45) is 3.13. The Balaban J connectivity index is 2.38. The molecule has 1 aromatic rings. The Kier molecular flexibility index (Phi) is 4.88. The summed E-state index contributed by atoms with van der Waals surface area (Å²) in [4.78, 5) is 15.5. The Morgan fingerprint density at radius 1 is 1.59 bits per heavy atom. The van der Waals surface area contributed by atoms with Gasteiger partial charge in [-0.15, -0.1) is 0 Å². The number of hydrogen-bond acceptors (Lipinski definition) is 7. The zero-order valence-corrected chi connectivity index (χ0v) is 11.2. The second-order valence-electron chi connectivity index (χ2n) is 3.43. The minimum atomic E-state index is -2.92. The summed E-state index contributed by atoms with van der Waals surface area (Å²) in [5.74, 6) is -0.290. The number of aromatic nitrogens is 1. The number of esters is 1. The van der Waals surface area contributed by atoms with E-state index in [4.69, 9.17) is 0 Å². The fourth-order valence-electron chi connectivity index (χ4n) is 1.08. The van der Waals surface area contributed by atoms with Crippen molar-refractivity contribution in [2.75, 3.05) is 31.0 Å². The molecule has 0 spiro atoms. The molecule has 1 rings (SSSR count). The van der Waals surface area contributed by atoms with Gasteiger partial charge >= 0.3 is 5.97 Å². The van der Waals surface area contributed by atoms with Crippen molar-refractivity contribution in [2.24, 2.45) is 0 Å². The van der Waals surface area contributed by atoms with Crippen LogP contribution >= 0.6 is 11.3 Å². The molecule has 0 unspecified atom stereocenters. The van der Waals surface area contributed by atoms with Crippen molar-refractivity contribution in [2.45, 2.75) is 6.42 Å². The summed E-state index contributed by atoms with van der Waals surface area (Å²) in [5.41, 5.74) is 0. The third kappa shape index (κ3) is 5.14. The number of carbonyl (C=O) groups excluding carboxylic acids is 1. The number of sulfone groups is 1. The van der Waals surface area contributed by atoms with Crippen LogP contribution in [0, 0.1) is 0 Å². The highest BCUT2D eigenvalue weighted by molar-refractivity contribution is 7.90. The van der Waals surface area contributed by atoms with Gasteiger partial charge in [-0.3, -0.25) is 0 Å². The monoisotopic (exact) mass is 278 g/mol. The van der Waals surface area contributed by atoms with Crippen LogP contribution in [0.2, 0.25) is 0 Å². The molecule has 0 atom stereocenters. The van der Waals surface area contributed by atoms with Crippen LogP contribution in [0.1, 0.15) is 16.1 Å². The number of carbonyl (C=O) groups is 1. The van der Waals surface area contributed by atoms with Gasteiger partial charge in [0.15, 0.2) is 5.13 Å². The van der Waals surface area contributed by atoms with Crippen molar-refractivity contribution in [3.05, 3.63) is 11.1 Å². The van der Waals surface area contributed by atoms with Gasteiger partial charge in [0.2, 0.25) is 0 Å². The second kappa shape index (κ2) is 5.97. The van der Waals surface area contributed by atoms with Crippen molar-refractivity contribution in [3.63, 3.8) is 0 Å². The van der Waals surface area contributed by atoms with Crippen LogP contribution in [0.25, 0.3) is 0 Å². The molecule has 0 bridgehead atoms. The second-order valence-corrected chi connectivity index (χ2v) is 6.72. The van der Waals surface area contributed by atoms with Gasteiger partial charge in [0.25, 0.3) is 0 Å². The lowest BCUT2D eigenvalue weighted by Gasteiger charge is -2.00. The molecule has 0 aromatic carbocycles. The first-order valence-corrected chi connectivity index (χ1v) is 7.76. The molecule has 1 N–H and O–H groups in total. The Bertz CT molecular complexity index is 481. The zero-order valence-electron chi connectivity index (χ0n) is 9.60. The van der Waals surface area contributed by atoms with Gasteiger partial charge in [0.05, 0.1) is 19.1 Å². The molecule has 1 heterocycles. The zero-order chi connectivity index (χ0) is 12.9. The molecular formula is C9H14N2O4S2. The topological polar surface area (TPSA) is 85.4 Å². The standard InChI is InChI=1S/C9H14N2O4S2/c1-15-8(12)7-6-11-9(16-7)10-4-3-5-17(2,13)14/h6H,3-5H2,1-2H3,(H,10,11). The normalized spacial score (nSPS) is 11.2. The minimum Gasteiger partial charge on any atom is -0.465 e. The third-order valence-electron chi connectivity index (χ3n) is 1.86. The number of hydrogen-bond donors (Lipinski definition) is 1. The van der Waals surface area contributed by atoms with Crippen LogP contribution in [0.5, 0.6) is 0 Å². The molecule has 17 heavy (non-hydrogen) atoms. The summed E-state index contributed by atoms with van der Waals surface area (Å²) in [6.45, 7) is 0.501. The highest BCUT2D eigenvalue weighted by Crippen LogP contribution is 2.18. The Morgan fingerprint density at radius 3 is 2.88 bits per heavy atom. The molecule has 1 aromatic heterocycles. The average molecular weight is 278 g/mol. The first-order chi connectivity index (χ1) is 7.92. The van der Waals surface area contributed by atoms with Crippen LogP contribution in [0.15, 0.2) is 6.20 Å². The van der Waals surface area contributed by atoms with E-state index in [1.54, 1.807) is 0 Å². The van der Waals surface area contributed by atoms with Crippen LogP contribution in [-0.4, -0.2) is 45.0 Å². The summed E-state index contributed by atoms with van der Waals surface area (Å²) in [5, 5.41) is 3.53. The smallest absolute Gasteiger partial charge is 0.349 e. The van der Waals surface area contributed by atoms with Gasteiger partial charge < -0.3 is 10.1 Å². The lowest BCUT2D eigenvalue weighted by molar-refractivity contribution is 0.0606. The van der Waals surface area contributed by atoms with E-state index in [1.807, 2.05) is 0 Å². The first-order valence-electron chi connectivity index (χ1n) is 4.88. The molecule has 0 saturated carbocycles. The van der Waals surface area contributed by atoms with Gasteiger partial charge in [-0.25, -0.2) is 18.2 Å². The maximum atomic E-state index is 11.1. The van der Waals surface area contributed by atoms with E-state index in [9.17, 15) is 13.2 Å². The molecule has 0 amide bonds. The van der Waals surface area contributed by atoms with Crippen molar-refractivity contribution in [1.29, 1.82) is 0 Å². The average Bonchev–Trinajstić information content (AvgIpc) is 2.70. The number of thiazole rings is 1. The first kappa shape index (κ1) is 13.9. The number of anilines is 1. The molecule has 96 valence electrons. The number of nitrogens with zero attached hydrogens (tertiary/aromatic N) is 1. The lowest BCUT2D eigenvalue weighted by atomic mass is 10.5. The van der Waals surface area contributed by atoms with E-state index >= 15 is 0 Å². The highest BCUT2D eigenvalue weighted by Gasteiger charge is 2.10. The van der Waals surface area contributed by atoms with Crippen molar-refractivity contribution >= 4 is 32.3 Å². The maximum Gasteiger partial charge on any atom is 0.349 e. The van der Waals surface area contributed by atoms with Gasteiger partial charge in [-0.2, -0.15) is 0 Å². The van der Waals surface area contributed by atoms with Gasteiger partial charge in [0, 0.05) is 12.8 Å². The fourth-order valence-corrected chi connectivity index (χ4v) is 2.51. The SMILES string of the molecule is COC(=O)c1cnc(NCCCS(C)(=O)=O)s1. The Labute approximate surface area is 104 Å². The number of methoxy groups -OCH3 is 1. The highest BCUT2D eigenvalue weighted by atomic mass is 32.2. The summed E-state index contributed by atoms with van der Waals surface area (Å²) < 4.78 is 26.3. The molecule has 0 aliphatic carbocycles. The van der Waals surface area contributed by atoms with Crippen LogP contribution in [0.3, 0.4) is 0 Å². The van der Waals surface area contributed by atoms with E-state index in [1.165, 1.54) is 30.9 Å². The van der Waals surface area contributed by atoms with E-state index in [0.29, 0.717) is 23.0 Å². The predicted octanol–water partition coefficient (Wildman–Crippen LogP) is 0.776. The molecule has 8 heteroatoms. The number of rotatable bonds is 6. The number of ether oxygens (including phenoxy) is 1. The quantitative estimate of drug-likeness (QED) is 0.611. The maximum absolute atomic E-state index is 11.1. The molecule has 0 fully saturated rings. The van der Waals surface area contributed by atoms with Gasteiger partial charge in [-0.05, 0) is 6.42 Å². The van der Waals surface area contributed by atoms with Crippen molar-refractivity contribution in [3.8, 4) is 0 Å². The fraction of sp³-hybridized carbons (Fsp3) is 0.556. The van der Waals surface area contributed by atoms with Crippen LogP contribution < -0.4 is 5.32 Å². The van der Waals surface area contributed by atoms with Gasteiger partial charge in [-0.1, -0.05) is 11.3 Å². The Hall–Kier alpha value is -1.15. The van der Waals surface area contributed by atoms with Gasteiger partial charge in [0.1, 0.15) is 14.7 Å². The van der Waals surface area contributed by atoms with E-state index in [-0.39, 0.29) is 5.75 Å². The summed E-state index contributed by atoms with van der Waals surface area (Å²) in [6, 6.07) is 0. The summed E-state index contributed by atoms with van der Waals surface area (Å²) >= 11 is 1.18. The third-order valence-corrected chi connectivity index (χ3v) is 3.83. The van der Waals surface area contributed by atoms with E-state index in [2.05, 4.69) is 15.0 Å². The van der Waals surface area contributed by atoms with Crippen molar-refractivity contribution in [1.82, 2.24) is 4.98 Å². The molecular weight excluding hydrogens is 264 g/mol. The molecule has 0 aliphatic heterocycles. The minimum absolute atomic E-state index is 0.134. The summed E-state index contributed by atoms with van der Waals surface area (Å²) in [7, 11) is -1.62. The van der Waals surface area contributed by atoms with Crippen LogP contribution in [-0.2, 0) is 14.6 Å². The number of nitrogens with one attached hydrogen (secondary N) is 1. The molecule has 0 saturated heterocycles. The molecule has 6 nitrogen and oxygen atoms in total. The molecule has 0 radical (unpaired) electrons. The lowest BCUT2D eigenvalue weighted by Crippen LogP contribution is -2.09. The van der Waals surface area contributed by atoms with Crippen molar-refractivity contribution < 1.29 is 17.9 Å². The van der Waals surface area contributed by atoms with E-state index in [0.717, 1.165) is 0 Å². The van der Waals surface area contributed by atoms with E-state index < -0.39 is 15.8 Å². The molecule has 0 aliphatic rings. The van der Waals surface area contributed by atoms with Crippen LogP contribution in [0.4, 0.5) is 5.13 Å².